The highest BCUT2D eigenvalue weighted by atomic mass is 16.5. The van der Waals surface area contributed by atoms with Crippen LogP contribution < -0.4 is 0 Å². The Morgan fingerprint density at radius 3 is 2.24 bits per heavy atom. The molecule has 0 aromatic heterocycles. The van der Waals surface area contributed by atoms with Crippen molar-refractivity contribution in [2.75, 3.05) is 6.61 Å². The van der Waals surface area contributed by atoms with E-state index in [1.54, 1.807) is 0 Å². The molecule has 0 saturated heterocycles. The number of allylic oxidation sites excluding steroid dienone is 1. The number of ketones is 1. The maximum atomic E-state index is 13.3. The number of rotatable bonds is 4. The van der Waals surface area contributed by atoms with Crippen molar-refractivity contribution in [3.8, 4) is 0 Å². The van der Waals surface area contributed by atoms with Crippen molar-refractivity contribution in [2.24, 2.45) is 56.7 Å². The maximum Gasteiger partial charge on any atom is 0.309 e. The maximum absolute atomic E-state index is 13.3. The molecular formula is C32H48O5. The second-order valence-electron chi connectivity index (χ2n) is 14.8. The van der Waals surface area contributed by atoms with Crippen molar-refractivity contribution < 1.29 is 24.2 Å². The lowest BCUT2D eigenvalue weighted by atomic mass is 9.32. The van der Waals surface area contributed by atoms with Crippen LogP contribution in [0.2, 0.25) is 0 Å². The van der Waals surface area contributed by atoms with Gasteiger partial charge in [0.25, 0.3) is 0 Å². The zero-order chi connectivity index (χ0) is 27.2. The minimum absolute atomic E-state index is 0.00849. The van der Waals surface area contributed by atoms with Crippen LogP contribution in [0.1, 0.15) is 106 Å². The van der Waals surface area contributed by atoms with E-state index in [4.69, 9.17) is 4.74 Å². The monoisotopic (exact) mass is 512 g/mol. The summed E-state index contributed by atoms with van der Waals surface area (Å²) in [6.07, 6.45) is 9.13. The van der Waals surface area contributed by atoms with Gasteiger partial charge in [-0.05, 0) is 117 Å². The number of aliphatic carboxylic acids is 1. The highest BCUT2D eigenvalue weighted by Gasteiger charge is 2.72. The van der Waals surface area contributed by atoms with Gasteiger partial charge in [-0.3, -0.25) is 14.4 Å². The van der Waals surface area contributed by atoms with E-state index in [0.717, 1.165) is 63.4 Å². The Morgan fingerprint density at radius 2 is 1.62 bits per heavy atom. The fraction of sp³-hybridized carbons (Fsp3) is 0.844. The van der Waals surface area contributed by atoms with Gasteiger partial charge in [0.05, 0.1) is 10.8 Å². The molecule has 5 aliphatic carbocycles. The van der Waals surface area contributed by atoms with Crippen LogP contribution in [0.4, 0.5) is 0 Å². The number of fused-ring (bicyclic) bond motifs is 7. The van der Waals surface area contributed by atoms with Crippen molar-refractivity contribution in [3.05, 3.63) is 12.2 Å². The summed E-state index contributed by atoms with van der Waals surface area (Å²) in [6, 6.07) is 0. The number of hydrogen-bond acceptors (Lipinski definition) is 4. The summed E-state index contributed by atoms with van der Waals surface area (Å²) in [5.41, 5.74) is 0.106. The Hall–Kier alpha value is -1.65. The topological polar surface area (TPSA) is 80.7 Å². The summed E-state index contributed by atoms with van der Waals surface area (Å²) in [5, 5.41) is 10.5. The van der Waals surface area contributed by atoms with Crippen LogP contribution in [-0.2, 0) is 19.1 Å². The fourth-order valence-corrected chi connectivity index (χ4v) is 11.6. The zero-order valence-electron chi connectivity index (χ0n) is 24.0. The van der Waals surface area contributed by atoms with E-state index in [2.05, 4.69) is 34.3 Å². The fourth-order valence-electron chi connectivity index (χ4n) is 11.6. The lowest BCUT2D eigenvalue weighted by Gasteiger charge is -2.72. The van der Waals surface area contributed by atoms with E-state index in [-0.39, 0.29) is 46.4 Å². The summed E-state index contributed by atoms with van der Waals surface area (Å²) in [6.45, 7) is 17.6. The predicted molar refractivity (Wildman–Crippen MR) is 143 cm³/mol. The molecule has 0 heterocycles. The molecule has 0 bridgehead atoms. The van der Waals surface area contributed by atoms with Gasteiger partial charge in [0.2, 0.25) is 0 Å². The summed E-state index contributed by atoms with van der Waals surface area (Å²) in [5.74, 6) is 0.890. The van der Waals surface area contributed by atoms with E-state index in [0.29, 0.717) is 24.2 Å². The summed E-state index contributed by atoms with van der Waals surface area (Å²) in [7, 11) is 0. The molecule has 0 aliphatic heterocycles. The van der Waals surface area contributed by atoms with Crippen molar-refractivity contribution >= 4 is 17.7 Å². The first-order valence-electron chi connectivity index (χ1n) is 14.7. The minimum atomic E-state index is -0.626. The molecule has 5 aliphatic rings. The first kappa shape index (κ1) is 26.9. The second-order valence-corrected chi connectivity index (χ2v) is 14.8. The Bertz CT molecular complexity index is 1030. The minimum Gasteiger partial charge on any atom is -0.481 e. The molecule has 0 unspecified atom stereocenters. The van der Waals surface area contributed by atoms with E-state index in [1.165, 1.54) is 6.92 Å². The normalized spacial score (nSPS) is 50.8. The molecular weight excluding hydrogens is 464 g/mol. The third-order valence-corrected chi connectivity index (χ3v) is 13.6. The number of esters is 1. The van der Waals surface area contributed by atoms with Gasteiger partial charge in [0.1, 0.15) is 12.4 Å². The van der Waals surface area contributed by atoms with Crippen molar-refractivity contribution in [1.82, 2.24) is 0 Å². The van der Waals surface area contributed by atoms with Gasteiger partial charge >= 0.3 is 11.9 Å². The Morgan fingerprint density at radius 1 is 0.919 bits per heavy atom. The average Bonchev–Trinajstić information content (AvgIpc) is 3.22. The van der Waals surface area contributed by atoms with Crippen LogP contribution in [-0.4, -0.2) is 29.4 Å². The highest BCUT2D eigenvalue weighted by molar-refractivity contribution is 5.86. The number of carbonyl (C=O) groups excluding carboxylic acids is 2. The van der Waals surface area contributed by atoms with Gasteiger partial charge in [0, 0.05) is 13.3 Å². The molecule has 37 heavy (non-hydrogen) atoms. The van der Waals surface area contributed by atoms with Crippen molar-refractivity contribution in [3.63, 3.8) is 0 Å². The quantitative estimate of drug-likeness (QED) is 0.329. The van der Waals surface area contributed by atoms with Gasteiger partial charge in [0.15, 0.2) is 0 Å². The zero-order valence-corrected chi connectivity index (χ0v) is 24.0. The number of hydrogen-bond donors (Lipinski definition) is 1. The Kier molecular flexibility index (Phi) is 6.13. The molecule has 10 atom stereocenters. The smallest absolute Gasteiger partial charge is 0.309 e. The molecule has 1 N–H and O–H groups in total. The molecule has 0 spiro atoms. The van der Waals surface area contributed by atoms with Gasteiger partial charge in [-0.1, -0.05) is 32.9 Å². The third kappa shape index (κ3) is 3.37. The van der Waals surface area contributed by atoms with E-state index < -0.39 is 16.8 Å². The first-order chi connectivity index (χ1) is 17.2. The molecule has 5 saturated carbocycles. The van der Waals surface area contributed by atoms with Crippen LogP contribution >= 0.6 is 0 Å². The molecule has 0 radical (unpaired) electrons. The summed E-state index contributed by atoms with van der Waals surface area (Å²) in [4.78, 5) is 37.9. The Labute approximate surface area is 223 Å². The number of Topliss-reactive ketones (excluding diaryl/α,β-unsaturated/α-hetero) is 1. The standard InChI is InChI=1S/C32H48O5/c1-19(2)21-10-15-32(27(35)36)17-16-30(6)22(26(21)32)8-9-24-28(4)13-12-25(34)29(5,18-37-20(3)33)23(28)11-14-31(24,30)7/h21-24,26H,1,8-18H2,2-7H3,(H,35,36)/t21-,22+,23+,24+,26+,28-,29-,30+,31+,32-/m0/s1. The average molecular weight is 513 g/mol. The largest absolute Gasteiger partial charge is 0.481 e. The van der Waals surface area contributed by atoms with Gasteiger partial charge in [-0.15, -0.1) is 0 Å². The van der Waals surface area contributed by atoms with Gasteiger partial charge in [-0.25, -0.2) is 0 Å². The van der Waals surface area contributed by atoms with Crippen LogP contribution in [0.15, 0.2) is 12.2 Å². The molecule has 0 aromatic rings. The van der Waals surface area contributed by atoms with Crippen molar-refractivity contribution in [2.45, 2.75) is 106 Å². The van der Waals surface area contributed by atoms with Crippen molar-refractivity contribution in [1.29, 1.82) is 0 Å². The predicted octanol–water partition coefficient (Wildman–Crippen LogP) is 6.84. The number of ether oxygens (including phenoxy) is 1. The SMILES string of the molecule is C=C(C)[C@@H]1CC[C@]2(C(=O)O)CC[C@]3(C)[C@H](CC[C@@H]4[C@@]5(C)CCC(=O)[C@@](C)(COC(C)=O)[C@@H]5CC[C@]43C)[C@@H]12. The van der Waals surface area contributed by atoms with E-state index in [9.17, 15) is 19.5 Å². The molecule has 0 aromatic carbocycles. The molecule has 5 nitrogen and oxygen atoms in total. The van der Waals surface area contributed by atoms with Crippen LogP contribution in [0.25, 0.3) is 0 Å². The number of carboxylic acid groups (broad SMARTS) is 1. The summed E-state index contributed by atoms with van der Waals surface area (Å²) >= 11 is 0. The lowest BCUT2D eigenvalue weighted by molar-refractivity contribution is -0.238. The van der Waals surface area contributed by atoms with E-state index in [1.807, 2.05) is 6.92 Å². The van der Waals surface area contributed by atoms with Crippen LogP contribution in [0, 0.1) is 56.7 Å². The van der Waals surface area contributed by atoms with Gasteiger partial charge in [-0.2, -0.15) is 0 Å². The van der Waals surface area contributed by atoms with E-state index >= 15 is 0 Å². The first-order valence-corrected chi connectivity index (χ1v) is 14.7. The lowest BCUT2D eigenvalue weighted by Crippen LogP contribution is -2.67. The third-order valence-electron chi connectivity index (χ3n) is 13.6. The summed E-state index contributed by atoms with van der Waals surface area (Å²) < 4.78 is 5.51. The molecule has 0 amide bonds. The molecule has 206 valence electrons. The van der Waals surface area contributed by atoms with Crippen LogP contribution in [0.3, 0.4) is 0 Å². The molecule has 5 fully saturated rings. The van der Waals surface area contributed by atoms with Crippen LogP contribution in [0.5, 0.6) is 0 Å². The van der Waals surface area contributed by atoms with Gasteiger partial charge < -0.3 is 9.84 Å². The second kappa shape index (κ2) is 8.42. The molecule has 5 rings (SSSR count). The molecule has 5 heteroatoms. The highest BCUT2D eigenvalue weighted by Crippen LogP contribution is 2.77. The number of carbonyl (C=O) groups is 3. The Balaban J connectivity index is 1.53. The number of carboxylic acids is 1.